The van der Waals surface area contributed by atoms with Gasteiger partial charge in [-0.3, -0.25) is 0 Å². The molecule has 0 saturated carbocycles. The normalized spacial score (nSPS) is 10.7. The van der Waals surface area contributed by atoms with Crippen LogP contribution in [0.1, 0.15) is 21.1 Å². The third-order valence-corrected chi connectivity index (χ3v) is 3.97. The number of aromatic nitrogens is 1. The third-order valence-electron chi connectivity index (χ3n) is 2.42. The van der Waals surface area contributed by atoms with E-state index in [2.05, 4.69) is 4.98 Å². The Bertz CT molecular complexity index is 494. The predicted octanol–water partition coefficient (Wildman–Crippen LogP) is 3.15. The van der Waals surface area contributed by atoms with E-state index in [0.717, 1.165) is 32.6 Å². The van der Waals surface area contributed by atoms with Gasteiger partial charge in [0.1, 0.15) is 0 Å². The largest absolute Gasteiger partial charge is 0.326 e. The van der Waals surface area contributed by atoms with Crippen LogP contribution in [0.2, 0.25) is 5.02 Å². The Morgan fingerprint density at radius 3 is 2.75 bits per heavy atom. The van der Waals surface area contributed by atoms with Gasteiger partial charge >= 0.3 is 0 Å². The molecule has 0 unspecified atom stereocenters. The van der Waals surface area contributed by atoms with Crippen molar-refractivity contribution < 1.29 is 0 Å². The lowest BCUT2D eigenvalue weighted by Crippen LogP contribution is -1.94. The van der Waals surface area contributed by atoms with Crippen LogP contribution in [0.25, 0.3) is 0 Å². The van der Waals surface area contributed by atoms with Crippen LogP contribution in [0.5, 0.6) is 0 Å². The quantitative estimate of drug-likeness (QED) is 0.912. The second kappa shape index (κ2) is 4.95. The molecule has 2 rings (SSSR count). The van der Waals surface area contributed by atoms with Gasteiger partial charge in [0, 0.05) is 22.9 Å². The van der Waals surface area contributed by atoms with Crippen LogP contribution in [-0.2, 0) is 13.0 Å². The Morgan fingerprint density at radius 1 is 1.38 bits per heavy atom. The van der Waals surface area contributed by atoms with Crippen LogP contribution < -0.4 is 5.73 Å². The van der Waals surface area contributed by atoms with Gasteiger partial charge in [0.2, 0.25) is 0 Å². The molecular weight excluding hydrogens is 240 g/mol. The highest BCUT2D eigenvalue weighted by Crippen LogP contribution is 2.23. The summed E-state index contributed by atoms with van der Waals surface area (Å²) in [6.45, 7) is 2.56. The Balaban J connectivity index is 2.24. The van der Waals surface area contributed by atoms with Crippen LogP contribution >= 0.6 is 22.9 Å². The van der Waals surface area contributed by atoms with E-state index in [4.69, 9.17) is 17.3 Å². The molecule has 0 saturated heterocycles. The Labute approximate surface area is 104 Å². The third kappa shape index (κ3) is 2.43. The fourth-order valence-electron chi connectivity index (χ4n) is 1.56. The van der Waals surface area contributed by atoms with Gasteiger partial charge < -0.3 is 5.73 Å². The lowest BCUT2D eigenvalue weighted by atomic mass is 10.2. The monoisotopic (exact) mass is 252 g/mol. The van der Waals surface area contributed by atoms with E-state index in [1.165, 1.54) is 0 Å². The molecule has 84 valence electrons. The van der Waals surface area contributed by atoms with Crippen molar-refractivity contribution in [3.63, 3.8) is 0 Å². The van der Waals surface area contributed by atoms with Crippen molar-refractivity contribution in [1.82, 2.24) is 4.98 Å². The lowest BCUT2D eigenvalue weighted by Gasteiger charge is -2.00. The molecule has 1 aromatic carbocycles. The van der Waals surface area contributed by atoms with E-state index in [-0.39, 0.29) is 0 Å². The van der Waals surface area contributed by atoms with Crippen LogP contribution in [0.15, 0.2) is 24.3 Å². The topological polar surface area (TPSA) is 38.9 Å². The van der Waals surface area contributed by atoms with E-state index < -0.39 is 0 Å². The first kappa shape index (κ1) is 11.6. The molecule has 0 spiro atoms. The molecule has 0 amide bonds. The summed E-state index contributed by atoms with van der Waals surface area (Å²) in [6, 6.07) is 7.86. The summed E-state index contributed by atoms with van der Waals surface area (Å²) >= 11 is 7.78. The van der Waals surface area contributed by atoms with E-state index in [1.54, 1.807) is 11.3 Å². The molecule has 0 aliphatic carbocycles. The van der Waals surface area contributed by atoms with Gasteiger partial charge in [-0.15, -0.1) is 11.3 Å². The average Bonchev–Trinajstić information content (AvgIpc) is 2.62. The van der Waals surface area contributed by atoms with Crippen molar-refractivity contribution in [3.05, 3.63) is 50.4 Å². The molecule has 0 atom stereocenters. The van der Waals surface area contributed by atoms with E-state index in [1.807, 2.05) is 31.2 Å². The van der Waals surface area contributed by atoms with E-state index in [0.29, 0.717) is 6.54 Å². The first-order valence-electron chi connectivity index (χ1n) is 5.09. The number of halogens is 1. The Morgan fingerprint density at radius 2 is 2.12 bits per heavy atom. The molecular formula is C12H13ClN2S. The average molecular weight is 253 g/mol. The highest BCUT2D eigenvalue weighted by Gasteiger charge is 2.08. The molecule has 0 aliphatic heterocycles. The van der Waals surface area contributed by atoms with Gasteiger partial charge in [-0.1, -0.05) is 29.8 Å². The van der Waals surface area contributed by atoms with Crippen molar-refractivity contribution in [2.45, 2.75) is 19.9 Å². The maximum Gasteiger partial charge on any atom is 0.0975 e. The molecule has 2 aromatic rings. The van der Waals surface area contributed by atoms with Crippen LogP contribution in [0.4, 0.5) is 0 Å². The summed E-state index contributed by atoms with van der Waals surface area (Å²) in [7, 11) is 0. The smallest absolute Gasteiger partial charge is 0.0975 e. The Kier molecular flexibility index (Phi) is 3.59. The number of aryl methyl sites for hydroxylation is 1. The van der Waals surface area contributed by atoms with Gasteiger partial charge in [-0.25, -0.2) is 4.98 Å². The first-order chi connectivity index (χ1) is 7.70. The van der Waals surface area contributed by atoms with Crippen molar-refractivity contribution in [2.24, 2.45) is 5.73 Å². The molecule has 1 aromatic heterocycles. The maximum absolute atomic E-state index is 6.11. The number of hydrogen-bond acceptors (Lipinski definition) is 3. The van der Waals surface area contributed by atoms with Crippen LogP contribution in [0, 0.1) is 6.92 Å². The zero-order valence-corrected chi connectivity index (χ0v) is 10.6. The minimum Gasteiger partial charge on any atom is -0.326 e. The molecule has 0 fully saturated rings. The summed E-state index contributed by atoms with van der Waals surface area (Å²) in [6.07, 6.45) is 0.783. The van der Waals surface area contributed by atoms with Crippen molar-refractivity contribution >= 4 is 22.9 Å². The number of nitrogens with zero attached hydrogens (tertiary/aromatic N) is 1. The van der Waals surface area contributed by atoms with E-state index >= 15 is 0 Å². The molecule has 1 heterocycles. The number of benzene rings is 1. The summed E-state index contributed by atoms with van der Waals surface area (Å²) in [4.78, 5) is 5.65. The zero-order chi connectivity index (χ0) is 11.5. The highest BCUT2D eigenvalue weighted by molar-refractivity contribution is 7.11. The molecule has 16 heavy (non-hydrogen) atoms. The maximum atomic E-state index is 6.11. The molecule has 0 radical (unpaired) electrons. The number of rotatable bonds is 3. The van der Waals surface area contributed by atoms with Gasteiger partial charge in [-0.05, 0) is 18.6 Å². The molecule has 2 nitrogen and oxygen atoms in total. The van der Waals surface area contributed by atoms with Gasteiger partial charge in [0.05, 0.1) is 10.7 Å². The second-order valence-electron chi connectivity index (χ2n) is 3.59. The van der Waals surface area contributed by atoms with E-state index in [9.17, 15) is 0 Å². The number of hydrogen-bond donors (Lipinski definition) is 1. The SMILES string of the molecule is Cc1nc(Cc2ccccc2Cl)sc1CN. The predicted molar refractivity (Wildman–Crippen MR) is 69.0 cm³/mol. The lowest BCUT2D eigenvalue weighted by molar-refractivity contribution is 1.04. The summed E-state index contributed by atoms with van der Waals surface area (Å²) < 4.78 is 0. The minimum absolute atomic E-state index is 0.562. The molecule has 4 heteroatoms. The van der Waals surface area contributed by atoms with Crippen molar-refractivity contribution in [2.75, 3.05) is 0 Å². The minimum atomic E-state index is 0.562. The van der Waals surface area contributed by atoms with Crippen LogP contribution in [0.3, 0.4) is 0 Å². The van der Waals surface area contributed by atoms with Gasteiger partial charge in [-0.2, -0.15) is 0 Å². The van der Waals surface area contributed by atoms with Gasteiger partial charge in [0.25, 0.3) is 0 Å². The number of nitrogens with two attached hydrogens (primary N) is 1. The summed E-state index contributed by atoms with van der Waals surface area (Å²) in [5.74, 6) is 0. The van der Waals surface area contributed by atoms with Gasteiger partial charge in [0.15, 0.2) is 0 Å². The summed E-state index contributed by atoms with van der Waals surface area (Å²) in [5, 5.41) is 1.87. The van der Waals surface area contributed by atoms with Crippen molar-refractivity contribution in [1.29, 1.82) is 0 Å². The highest BCUT2D eigenvalue weighted by atomic mass is 35.5. The fourth-order valence-corrected chi connectivity index (χ4v) is 2.73. The molecule has 0 aliphatic rings. The molecule has 0 bridgehead atoms. The second-order valence-corrected chi connectivity index (χ2v) is 5.16. The summed E-state index contributed by atoms with van der Waals surface area (Å²) in [5.41, 5.74) is 7.78. The standard InChI is InChI=1S/C12H13ClN2S/c1-8-11(7-14)16-12(15-8)6-9-4-2-3-5-10(9)13/h2-5H,6-7,14H2,1H3. The molecule has 2 N–H and O–H groups in total. The van der Waals surface area contributed by atoms with Crippen molar-refractivity contribution in [3.8, 4) is 0 Å². The first-order valence-corrected chi connectivity index (χ1v) is 6.29. The van der Waals surface area contributed by atoms with Crippen LogP contribution in [-0.4, -0.2) is 4.98 Å². The fraction of sp³-hybridized carbons (Fsp3) is 0.250. The Hall–Kier alpha value is -0.900. The zero-order valence-electron chi connectivity index (χ0n) is 9.03. The number of thiazole rings is 1.